The summed E-state index contributed by atoms with van der Waals surface area (Å²) in [4.78, 5) is 4.37. The van der Waals surface area contributed by atoms with Crippen molar-refractivity contribution in [2.24, 2.45) is 0 Å². The molecule has 1 aliphatic rings. The van der Waals surface area contributed by atoms with Crippen LogP contribution in [-0.2, 0) is 5.75 Å². The standard InChI is InChI=1S/C18H16N2S/c1-2-6-16-14(4-1)11-21-12-18(16)20-15-7-8-17-13(10-15)5-3-9-19-17/h1-10,18,20H,11-12H2. The lowest BCUT2D eigenvalue weighted by atomic mass is 10.0. The molecule has 1 N–H and O–H groups in total. The van der Waals surface area contributed by atoms with Crippen LogP contribution < -0.4 is 5.32 Å². The van der Waals surface area contributed by atoms with Crippen molar-refractivity contribution in [3.63, 3.8) is 0 Å². The Kier molecular flexibility index (Phi) is 3.28. The van der Waals surface area contributed by atoms with Gasteiger partial charge in [0, 0.05) is 28.8 Å². The molecule has 3 heteroatoms. The molecule has 0 saturated carbocycles. The molecule has 104 valence electrons. The van der Waals surface area contributed by atoms with Gasteiger partial charge in [-0.25, -0.2) is 0 Å². The van der Waals surface area contributed by atoms with Gasteiger partial charge in [-0.15, -0.1) is 0 Å². The fourth-order valence-electron chi connectivity index (χ4n) is 2.87. The van der Waals surface area contributed by atoms with E-state index in [9.17, 15) is 0 Å². The molecule has 1 atom stereocenters. The van der Waals surface area contributed by atoms with E-state index in [1.807, 2.05) is 24.0 Å². The first-order valence-corrected chi connectivity index (χ1v) is 8.32. The molecular weight excluding hydrogens is 276 g/mol. The molecule has 3 aromatic rings. The van der Waals surface area contributed by atoms with E-state index in [4.69, 9.17) is 0 Å². The lowest BCUT2D eigenvalue weighted by molar-refractivity contribution is 0.871. The highest BCUT2D eigenvalue weighted by Crippen LogP contribution is 2.34. The Balaban J connectivity index is 1.66. The molecule has 4 rings (SSSR count). The lowest BCUT2D eigenvalue weighted by Gasteiger charge is -2.27. The van der Waals surface area contributed by atoms with Gasteiger partial charge in [0.25, 0.3) is 0 Å². The lowest BCUT2D eigenvalue weighted by Crippen LogP contribution is -2.18. The van der Waals surface area contributed by atoms with Crippen LogP contribution in [0.2, 0.25) is 0 Å². The second-order valence-electron chi connectivity index (χ2n) is 5.32. The smallest absolute Gasteiger partial charge is 0.0703 e. The van der Waals surface area contributed by atoms with Crippen LogP contribution in [0.25, 0.3) is 10.9 Å². The zero-order valence-electron chi connectivity index (χ0n) is 11.6. The van der Waals surface area contributed by atoms with E-state index in [1.54, 1.807) is 0 Å². The zero-order chi connectivity index (χ0) is 14.1. The van der Waals surface area contributed by atoms with E-state index in [1.165, 1.54) is 16.5 Å². The van der Waals surface area contributed by atoms with Gasteiger partial charge in [0.05, 0.1) is 11.6 Å². The highest BCUT2D eigenvalue weighted by Gasteiger charge is 2.19. The van der Waals surface area contributed by atoms with Crippen LogP contribution in [0, 0.1) is 0 Å². The maximum atomic E-state index is 4.37. The molecule has 2 heterocycles. The molecule has 2 nitrogen and oxygen atoms in total. The minimum absolute atomic E-state index is 0.383. The Labute approximate surface area is 128 Å². The van der Waals surface area contributed by atoms with Gasteiger partial charge in [-0.2, -0.15) is 11.8 Å². The van der Waals surface area contributed by atoms with Crippen molar-refractivity contribution in [1.82, 2.24) is 4.98 Å². The second-order valence-corrected chi connectivity index (χ2v) is 6.35. The minimum atomic E-state index is 0.383. The maximum Gasteiger partial charge on any atom is 0.0703 e. The molecular formula is C18H16N2S. The van der Waals surface area contributed by atoms with Crippen LogP contribution in [0.4, 0.5) is 5.69 Å². The number of pyridine rings is 1. The Bertz CT molecular complexity index is 785. The Morgan fingerprint density at radius 2 is 2.00 bits per heavy atom. The maximum absolute atomic E-state index is 4.37. The summed E-state index contributed by atoms with van der Waals surface area (Å²) in [6.45, 7) is 0. The molecule has 2 aromatic carbocycles. The molecule has 0 fully saturated rings. The Hall–Kier alpha value is -2.00. The van der Waals surface area contributed by atoms with Gasteiger partial charge in [0.15, 0.2) is 0 Å². The third kappa shape index (κ3) is 2.49. The molecule has 0 saturated heterocycles. The van der Waals surface area contributed by atoms with Crippen LogP contribution in [0.15, 0.2) is 60.8 Å². The molecule has 0 radical (unpaired) electrons. The second kappa shape index (κ2) is 5.41. The summed E-state index contributed by atoms with van der Waals surface area (Å²) in [6.07, 6.45) is 1.84. The monoisotopic (exact) mass is 292 g/mol. The van der Waals surface area contributed by atoms with Gasteiger partial charge >= 0.3 is 0 Å². The van der Waals surface area contributed by atoms with Crippen LogP contribution in [0.1, 0.15) is 17.2 Å². The van der Waals surface area contributed by atoms with Crippen LogP contribution >= 0.6 is 11.8 Å². The first-order valence-electron chi connectivity index (χ1n) is 7.17. The number of nitrogens with zero attached hydrogens (tertiary/aromatic N) is 1. The van der Waals surface area contributed by atoms with E-state index >= 15 is 0 Å². The number of thioether (sulfide) groups is 1. The van der Waals surface area contributed by atoms with Gasteiger partial charge in [-0.3, -0.25) is 4.98 Å². The molecule has 0 amide bonds. The van der Waals surface area contributed by atoms with Gasteiger partial charge < -0.3 is 5.32 Å². The molecule has 0 spiro atoms. The van der Waals surface area contributed by atoms with Gasteiger partial charge in [-0.1, -0.05) is 30.3 Å². The summed E-state index contributed by atoms with van der Waals surface area (Å²) in [6, 6.07) is 19.6. The van der Waals surface area contributed by atoms with Crippen LogP contribution in [0.3, 0.4) is 0 Å². The summed E-state index contributed by atoms with van der Waals surface area (Å²) in [7, 11) is 0. The zero-order valence-corrected chi connectivity index (χ0v) is 12.4. The molecule has 0 aliphatic carbocycles. The van der Waals surface area contributed by atoms with Crippen molar-refractivity contribution in [3.05, 3.63) is 71.9 Å². The summed E-state index contributed by atoms with van der Waals surface area (Å²) in [5.74, 6) is 2.23. The largest absolute Gasteiger partial charge is 0.377 e. The predicted octanol–water partition coefficient (Wildman–Crippen LogP) is 4.63. The van der Waals surface area contributed by atoms with E-state index in [0.29, 0.717) is 6.04 Å². The van der Waals surface area contributed by atoms with Gasteiger partial charge in [0.1, 0.15) is 0 Å². The van der Waals surface area contributed by atoms with E-state index in [0.717, 1.165) is 22.7 Å². The predicted molar refractivity (Wildman–Crippen MR) is 90.7 cm³/mol. The van der Waals surface area contributed by atoms with Crippen molar-refractivity contribution in [2.45, 2.75) is 11.8 Å². The number of hydrogen-bond acceptors (Lipinski definition) is 3. The fraction of sp³-hybridized carbons (Fsp3) is 0.167. The van der Waals surface area contributed by atoms with Crippen molar-refractivity contribution >= 4 is 28.4 Å². The minimum Gasteiger partial charge on any atom is -0.377 e. The number of hydrogen-bond donors (Lipinski definition) is 1. The third-order valence-corrected chi connectivity index (χ3v) is 5.00. The number of benzene rings is 2. The number of aromatic nitrogens is 1. The van der Waals surface area contributed by atoms with Crippen molar-refractivity contribution < 1.29 is 0 Å². The average molecular weight is 292 g/mol. The molecule has 0 bridgehead atoms. The first kappa shape index (κ1) is 12.7. The number of fused-ring (bicyclic) bond motifs is 2. The molecule has 21 heavy (non-hydrogen) atoms. The number of nitrogens with one attached hydrogen (secondary N) is 1. The topological polar surface area (TPSA) is 24.9 Å². The fourth-order valence-corrected chi connectivity index (χ4v) is 3.97. The third-order valence-electron chi connectivity index (χ3n) is 3.92. The summed E-state index contributed by atoms with van der Waals surface area (Å²) in [5, 5.41) is 4.86. The Morgan fingerprint density at radius 3 is 3.00 bits per heavy atom. The summed E-state index contributed by atoms with van der Waals surface area (Å²) >= 11 is 1.99. The normalized spacial score (nSPS) is 17.4. The summed E-state index contributed by atoms with van der Waals surface area (Å²) in [5.41, 5.74) is 5.09. The SMILES string of the molecule is c1ccc2c(c1)CSCC2Nc1ccc2ncccc2c1. The number of anilines is 1. The van der Waals surface area contributed by atoms with Crippen molar-refractivity contribution in [2.75, 3.05) is 11.1 Å². The first-order chi connectivity index (χ1) is 10.4. The van der Waals surface area contributed by atoms with Crippen molar-refractivity contribution in [1.29, 1.82) is 0 Å². The molecule has 1 aromatic heterocycles. The Morgan fingerprint density at radius 1 is 1.05 bits per heavy atom. The van der Waals surface area contributed by atoms with E-state index in [-0.39, 0.29) is 0 Å². The van der Waals surface area contributed by atoms with Crippen LogP contribution in [-0.4, -0.2) is 10.7 Å². The van der Waals surface area contributed by atoms with Gasteiger partial charge in [0.2, 0.25) is 0 Å². The molecule has 1 unspecified atom stereocenters. The molecule has 1 aliphatic heterocycles. The quantitative estimate of drug-likeness (QED) is 0.745. The average Bonchev–Trinajstić information content (AvgIpc) is 2.55. The highest BCUT2D eigenvalue weighted by atomic mass is 32.2. The van der Waals surface area contributed by atoms with Crippen molar-refractivity contribution in [3.8, 4) is 0 Å². The number of rotatable bonds is 2. The highest BCUT2D eigenvalue weighted by molar-refractivity contribution is 7.98. The summed E-state index contributed by atoms with van der Waals surface area (Å²) < 4.78 is 0. The van der Waals surface area contributed by atoms with E-state index < -0.39 is 0 Å². The van der Waals surface area contributed by atoms with Crippen LogP contribution in [0.5, 0.6) is 0 Å². The van der Waals surface area contributed by atoms with Gasteiger partial charge in [-0.05, 0) is 35.4 Å². The van der Waals surface area contributed by atoms with E-state index in [2.05, 4.69) is 58.8 Å².